The highest BCUT2D eigenvalue weighted by atomic mass is 35.5. The van der Waals surface area contributed by atoms with Crippen LogP contribution in [0.5, 0.6) is 0 Å². The van der Waals surface area contributed by atoms with Crippen molar-refractivity contribution in [2.45, 2.75) is 18.3 Å². The number of hydrogen-bond donors (Lipinski definition) is 2. The first kappa shape index (κ1) is 11.8. The van der Waals surface area contributed by atoms with E-state index in [0.717, 1.165) is 23.3 Å². The number of nitrogens with one attached hydrogen (secondary N) is 1. The van der Waals surface area contributed by atoms with Crippen LogP contribution >= 0.6 is 11.6 Å². The topological polar surface area (TPSA) is 54.7 Å². The number of hydrogen-bond acceptors (Lipinski definition) is 2. The molecule has 1 aromatic heterocycles. The molecule has 0 bridgehead atoms. The molecule has 2 atom stereocenters. The van der Waals surface area contributed by atoms with Gasteiger partial charge in [-0.25, -0.2) is 4.98 Å². The van der Waals surface area contributed by atoms with Gasteiger partial charge in [-0.1, -0.05) is 41.9 Å². The second kappa shape index (κ2) is 4.25. The van der Waals surface area contributed by atoms with E-state index in [0.29, 0.717) is 22.5 Å². The zero-order chi connectivity index (χ0) is 13.7. The van der Waals surface area contributed by atoms with Gasteiger partial charge in [0.15, 0.2) is 0 Å². The van der Waals surface area contributed by atoms with E-state index in [4.69, 9.17) is 17.3 Å². The number of nitrogens with two attached hydrogens (primary N) is 1. The molecule has 3 nitrogen and oxygen atoms in total. The number of fused-ring (bicyclic) bond motifs is 1. The summed E-state index contributed by atoms with van der Waals surface area (Å²) in [6, 6.07) is 14.2. The van der Waals surface area contributed by atoms with Crippen LogP contribution in [0.25, 0.3) is 11.0 Å². The van der Waals surface area contributed by atoms with Crippen LogP contribution in [0, 0.1) is 0 Å². The van der Waals surface area contributed by atoms with E-state index in [9.17, 15) is 0 Å². The summed E-state index contributed by atoms with van der Waals surface area (Å²) in [6.45, 7) is 0. The fourth-order valence-electron chi connectivity index (χ4n) is 2.87. The van der Waals surface area contributed by atoms with E-state index in [1.807, 2.05) is 12.1 Å². The van der Waals surface area contributed by atoms with E-state index in [-0.39, 0.29) is 0 Å². The Kier molecular flexibility index (Phi) is 2.51. The van der Waals surface area contributed by atoms with Gasteiger partial charge in [0.05, 0.1) is 11.2 Å². The van der Waals surface area contributed by atoms with Crippen molar-refractivity contribution >= 4 is 28.3 Å². The maximum Gasteiger partial charge on any atom is 0.112 e. The summed E-state index contributed by atoms with van der Waals surface area (Å²) in [6.07, 6.45) is 1.14. The molecule has 4 heteroatoms. The van der Waals surface area contributed by atoms with Gasteiger partial charge in [-0.3, -0.25) is 0 Å². The lowest BCUT2D eigenvalue weighted by atomic mass is 10.1. The average molecular weight is 284 g/mol. The highest BCUT2D eigenvalue weighted by molar-refractivity contribution is 6.31. The maximum absolute atomic E-state index is 6.03. The Morgan fingerprint density at radius 3 is 2.75 bits per heavy atom. The molecule has 0 amide bonds. The summed E-state index contributed by atoms with van der Waals surface area (Å²) in [5.41, 5.74) is 9.72. The second-order valence-electron chi connectivity index (χ2n) is 5.37. The number of benzene rings is 2. The molecule has 100 valence electrons. The van der Waals surface area contributed by atoms with Crippen molar-refractivity contribution in [2.75, 3.05) is 5.73 Å². The predicted molar refractivity (Wildman–Crippen MR) is 82.1 cm³/mol. The Hall–Kier alpha value is -2.00. The molecule has 1 aliphatic rings. The van der Waals surface area contributed by atoms with Crippen molar-refractivity contribution in [2.24, 2.45) is 0 Å². The number of halogens is 1. The van der Waals surface area contributed by atoms with E-state index < -0.39 is 0 Å². The second-order valence-corrected chi connectivity index (χ2v) is 5.81. The van der Waals surface area contributed by atoms with Crippen molar-refractivity contribution in [3.8, 4) is 0 Å². The van der Waals surface area contributed by atoms with Crippen LogP contribution in [0.4, 0.5) is 5.69 Å². The van der Waals surface area contributed by atoms with E-state index in [2.05, 4.69) is 34.2 Å². The van der Waals surface area contributed by atoms with Gasteiger partial charge in [0.25, 0.3) is 0 Å². The molecule has 1 saturated carbocycles. The lowest BCUT2D eigenvalue weighted by Gasteiger charge is -1.97. The van der Waals surface area contributed by atoms with Crippen molar-refractivity contribution in [3.63, 3.8) is 0 Å². The zero-order valence-electron chi connectivity index (χ0n) is 10.8. The number of imidazole rings is 1. The molecule has 1 heterocycles. The molecule has 0 aliphatic heterocycles. The van der Waals surface area contributed by atoms with Crippen LogP contribution in [0.15, 0.2) is 42.5 Å². The molecule has 0 radical (unpaired) electrons. The molecule has 4 rings (SSSR count). The summed E-state index contributed by atoms with van der Waals surface area (Å²) < 4.78 is 0. The number of rotatable bonds is 2. The Morgan fingerprint density at radius 2 is 1.95 bits per heavy atom. The third kappa shape index (κ3) is 1.86. The van der Waals surface area contributed by atoms with Gasteiger partial charge in [-0.05, 0) is 30.0 Å². The van der Waals surface area contributed by atoms with Crippen LogP contribution in [-0.4, -0.2) is 9.97 Å². The molecule has 2 aromatic carbocycles. The summed E-state index contributed by atoms with van der Waals surface area (Å²) in [7, 11) is 0. The van der Waals surface area contributed by atoms with Gasteiger partial charge >= 0.3 is 0 Å². The molecule has 2 unspecified atom stereocenters. The van der Waals surface area contributed by atoms with E-state index in [1.165, 1.54) is 5.56 Å². The number of nitrogens with zero attached hydrogens (tertiary/aromatic N) is 1. The minimum absolute atomic E-state index is 0.461. The Morgan fingerprint density at radius 1 is 1.15 bits per heavy atom. The SMILES string of the molecule is Nc1cc(Cl)cc2[nH]c(C3CC3c3ccccc3)nc12. The number of anilines is 1. The van der Waals surface area contributed by atoms with Gasteiger partial charge in [0.1, 0.15) is 11.3 Å². The van der Waals surface area contributed by atoms with Crippen LogP contribution in [0.3, 0.4) is 0 Å². The van der Waals surface area contributed by atoms with Gasteiger partial charge < -0.3 is 10.7 Å². The molecule has 0 saturated heterocycles. The van der Waals surface area contributed by atoms with Gasteiger partial charge in [-0.2, -0.15) is 0 Å². The molecule has 1 fully saturated rings. The first-order chi connectivity index (χ1) is 9.72. The number of aromatic nitrogens is 2. The minimum atomic E-state index is 0.461. The van der Waals surface area contributed by atoms with Crippen molar-refractivity contribution in [1.29, 1.82) is 0 Å². The van der Waals surface area contributed by atoms with Crippen LogP contribution < -0.4 is 5.73 Å². The van der Waals surface area contributed by atoms with Gasteiger partial charge in [0.2, 0.25) is 0 Å². The number of nitrogen functional groups attached to an aromatic ring is 1. The molecule has 3 aromatic rings. The summed E-state index contributed by atoms with van der Waals surface area (Å²) in [5, 5.41) is 0.639. The highest BCUT2D eigenvalue weighted by Crippen LogP contribution is 2.54. The normalized spacial score (nSPS) is 21.2. The molecule has 20 heavy (non-hydrogen) atoms. The quantitative estimate of drug-likeness (QED) is 0.697. The molecule has 1 aliphatic carbocycles. The average Bonchev–Trinajstić information content (AvgIpc) is 3.13. The zero-order valence-corrected chi connectivity index (χ0v) is 11.6. The monoisotopic (exact) mass is 283 g/mol. The standard InChI is InChI=1S/C16H14ClN3/c17-10-6-13(18)15-14(7-10)19-16(20-15)12-8-11(12)9-4-2-1-3-5-9/h1-7,11-12H,8,18H2,(H,19,20). The van der Waals surface area contributed by atoms with Crippen molar-refractivity contribution in [1.82, 2.24) is 9.97 Å². The molecule has 0 spiro atoms. The molecular weight excluding hydrogens is 270 g/mol. The first-order valence-electron chi connectivity index (χ1n) is 6.72. The third-order valence-electron chi connectivity index (χ3n) is 3.97. The van der Waals surface area contributed by atoms with E-state index in [1.54, 1.807) is 6.07 Å². The predicted octanol–water partition coefficient (Wildman–Crippen LogP) is 4.07. The largest absolute Gasteiger partial charge is 0.397 e. The highest BCUT2D eigenvalue weighted by Gasteiger charge is 2.41. The first-order valence-corrected chi connectivity index (χ1v) is 7.10. The van der Waals surface area contributed by atoms with E-state index >= 15 is 0 Å². The van der Waals surface area contributed by atoms with Crippen LogP contribution in [0.2, 0.25) is 5.02 Å². The molecular formula is C16H14ClN3. The number of H-pyrrole nitrogens is 1. The Balaban J connectivity index is 1.69. The molecule has 3 N–H and O–H groups in total. The Bertz CT molecular complexity index is 779. The summed E-state index contributed by atoms with van der Waals surface area (Å²) in [5.74, 6) is 2.04. The lowest BCUT2D eigenvalue weighted by molar-refractivity contribution is 0.938. The third-order valence-corrected chi connectivity index (χ3v) is 4.19. The lowest BCUT2D eigenvalue weighted by Crippen LogP contribution is -1.87. The van der Waals surface area contributed by atoms with Gasteiger partial charge in [0, 0.05) is 10.9 Å². The Labute approximate surface area is 121 Å². The number of aromatic amines is 1. The maximum atomic E-state index is 6.03. The van der Waals surface area contributed by atoms with Crippen LogP contribution in [-0.2, 0) is 0 Å². The fourth-order valence-corrected chi connectivity index (χ4v) is 3.09. The minimum Gasteiger partial charge on any atom is -0.397 e. The van der Waals surface area contributed by atoms with Crippen LogP contribution in [0.1, 0.15) is 29.6 Å². The van der Waals surface area contributed by atoms with Crippen molar-refractivity contribution in [3.05, 3.63) is 58.9 Å². The summed E-state index contributed by atoms with van der Waals surface area (Å²) in [4.78, 5) is 8.02. The van der Waals surface area contributed by atoms with Gasteiger partial charge in [-0.15, -0.1) is 0 Å². The smallest absolute Gasteiger partial charge is 0.112 e. The fraction of sp³-hybridized carbons (Fsp3) is 0.188. The van der Waals surface area contributed by atoms with Crippen molar-refractivity contribution < 1.29 is 0 Å². The summed E-state index contributed by atoms with van der Waals surface area (Å²) >= 11 is 6.03.